The summed E-state index contributed by atoms with van der Waals surface area (Å²) < 4.78 is 0. The van der Waals surface area contributed by atoms with Crippen LogP contribution in [0.3, 0.4) is 0 Å². The van der Waals surface area contributed by atoms with E-state index >= 15 is 0 Å². The number of anilines is 6. The Balaban J connectivity index is 1.54. The average Bonchev–Trinajstić information content (AvgIpc) is 3.03. The van der Waals surface area contributed by atoms with Gasteiger partial charge in [-0.2, -0.15) is 0 Å². The van der Waals surface area contributed by atoms with Crippen LogP contribution in [0.25, 0.3) is 11.1 Å². The summed E-state index contributed by atoms with van der Waals surface area (Å²) in [6.45, 7) is 2.44. The fourth-order valence-corrected chi connectivity index (χ4v) is 6.75. The van der Waals surface area contributed by atoms with Crippen molar-refractivity contribution < 1.29 is 0 Å². The molecule has 40 heavy (non-hydrogen) atoms. The second-order valence-electron chi connectivity index (χ2n) is 10.6. The van der Waals surface area contributed by atoms with Crippen LogP contribution in [0.4, 0.5) is 34.1 Å². The monoisotopic (exact) mass is 510 g/mol. The lowest BCUT2D eigenvalue weighted by molar-refractivity contribution is 1.23. The van der Waals surface area contributed by atoms with Gasteiger partial charge in [-0.15, -0.1) is 0 Å². The third-order valence-corrected chi connectivity index (χ3v) is 8.42. The van der Waals surface area contributed by atoms with Crippen molar-refractivity contribution in [1.82, 2.24) is 0 Å². The lowest BCUT2D eigenvalue weighted by Crippen LogP contribution is -2.61. The lowest BCUT2D eigenvalue weighted by atomic mass is 9.33. The quantitative estimate of drug-likeness (QED) is 0.224. The van der Waals surface area contributed by atoms with E-state index in [1.807, 2.05) is 0 Å². The van der Waals surface area contributed by atoms with Crippen LogP contribution in [0.5, 0.6) is 0 Å². The van der Waals surface area contributed by atoms with Crippen LogP contribution in [0.1, 0.15) is 5.56 Å². The van der Waals surface area contributed by atoms with Gasteiger partial charge in [0.15, 0.2) is 0 Å². The molecule has 0 saturated heterocycles. The molecule has 0 fully saturated rings. The number of rotatable bonds is 3. The zero-order valence-corrected chi connectivity index (χ0v) is 22.3. The van der Waals surface area contributed by atoms with E-state index in [1.165, 1.54) is 67.2 Å². The number of fused-ring (bicyclic) bond motifs is 4. The van der Waals surface area contributed by atoms with Crippen molar-refractivity contribution in [2.75, 3.05) is 9.80 Å². The van der Waals surface area contributed by atoms with Gasteiger partial charge in [0, 0.05) is 34.1 Å². The Morgan fingerprint density at radius 3 is 1.55 bits per heavy atom. The molecule has 0 aliphatic carbocycles. The predicted molar refractivity (Wildman–Crippen MR) is 171 cm³/mol. The van der Waals surface area contributed by atoms with Gasteiger partial charge in [0.25, 0.3) is 6.71 Å². The molecular formula is C37H27BN2. The Hall–Kier alpha value is -5.02. The van der Waals surface area contributed by atoms with Crippen LogP contribution in [0.15, 0.2) is 146 Å². The molecule has 2 aliphatic heterocycles. The SMILES string of the molecule is Cc1c(-c2ccccc2)cc2c3c1N(c1ccccc1)c1ccccc1B3c1ccccc1N2c1ccccc1. The smallest absolute Gasteiger partial charge is 0.252 e. The van der Waals surface area contributed by atoms with Crippen LogP contribution in [0, 0.1) is 6.92 Å². The second-order valence-corrected chi connectivity index (χ2v) is 10.6. The third-order valence-electron chi connectivity index (χ3n) is 8.42. The van der Waals surface area contributed by atoms with Crippen LogP contribution >= 0.6 is 0 Å². The van der Waals surface area contributed by atoms with Gasteiger partial charge in [-0.05, 0) is 82.5 Å². The normalized spacial score (nSPS) is 13.0. The number of para-hydroxylation sites is 4. The molecular weight excluding hydrogens is 483 g/mol. The summed E-state index contributed by atoms with van der Waals surface area (Å²) in [5, 5.41) is 0. The minimum Gasteiger partial charge on any atom is -0.311 e. The standard InChI is InChI=1S/C37H27BN2/c1-26-30(27-15-5-2-6-16-27)25-35-36-37(26)40(29-19-9-4-10-20-29)34-24-14-12-22-32(34)38(36)31-21-11-13-23-33(31)39(35)28-17-7-3-8-18-28/h2-25H,1H3. The molecule has 6 aromatic rings. The molecule has 0 bridgehead atoms. The molecule has 6 aromatic carbocycles. The van der Waals surface area contributed by atoms with Gasteiger partial charge < -0.3 is 9.80 Å². The second kappa shape index (κ2) is 9.03. The van der Waals surface area contributed by atoms with E-state index in [9.17, 15) is 0 Å². The third kappa shape index (κ3) is 3.31. The summed E-state index contributed by atoms with van der Waals surface area (Å²) >= 11 is 0. The van der Waals surface area contributed by atoms with Gasteiger partial charge in [0.1, 0.15) is 0 Å². The molecule has 0 radical (unpaired) electrons. The van der Waals surface area contributed by atoms with Crippen LogP contribution in [-0.4, -0.2) is 6.71 Å². The fraction of sp³-hybridized carbons (Fsp3) is 0.0270. The number of hydrogen-bond acceptors (Lipinski definition) is 2. The topological polar surface area (TPSA) is 6.48 Å². The van der Waals surface area contributed by atoms with E-state index in [-0.39, 0.29) is 6.71 Å². The molecule has 0 saturated carbocycles. The first-order chi connectivity index (χ1) is 19.8. The molecule has 3 heteroatoms. The predicted octanol–water partition coefficient (Wildman–Crippen LogP) is 7.74. The van der Waals surface area contributed by atoms with Crippen LogP contribution in [-0.2, 0) is 0 Å². The van der Waals surface area contributed by atoms with Gasteiger partial charge in [0.2, 0.25) is 0 Å². The Bertz CT molecular complexity index is 1860. The maximum atomic E-state index is 2.49. The van der Waals surface area contributed by atoms with E-state index < -0.39 is 0 Å². The summed E-state index contributed by atoms with van der Waals surface area (Å²) in [5.74, 6) is 0. The highest BCUT2D eigenvalue weighted by Crippen LogP contribution is 2.47. The Labute approximate surface area is 235 Å². The van der Waals surface area contributed by atoms with Crippen molar-refractivity contribution in [2.45, 2.75) is 6.92 Å². The number of benzene rings is 6. The van der Waals surface area contributed by atoms with Crippen molar-refractivity contribution in [3.63, 3.8) is 0 Å². The first kappa shape index (κ1) is 22.9. The summed E-state index contributed by atoms with van der Waals surface area (Å²) in [7, 11) is 0. The first-order valence-electron chi connectivity index (χ1n) is 13.9. The Morgan fingerprint density at radius 2 is 0.950 bits per heavy atom. The van der Waals surface area contributed by atoms with Crippen LogP contribution < -0.4 is 26.2 Å². The van der Waals surface area contributed by atoms with Gasteiger partial charge >= 0.3 is 0 Å². The van der Waals surface area contributed by atoms with Crippen LogP contribution in [0.2, 0.25) is 0 Å². The first-order valence-corrected chi connectivity index (χ1v) is 13.9. The Kier molecular flexibility index (Phi) is 5.18. The summed E-state index contributed by atoms with van der Waals surface area (Å²) in [6.07, 6.45) is 0. The van der Waals surface area contributed by atoms with E-state index in [2.05, 4.69) is 162 Å². The Morgan fingerprint density at radius 1 is 0.475 bits per heavy atom. The maximum Gasteiger partial charge on any atom is 0.252 e. The average molecular weight is 510 g/mol. The minimum absolute atomic E-state index is 0.140. The van der Waals surface area contributed by atoms with Gasteiger partial charge in [-0.25, -0.2) is 0 Å². The number of nitrogens with zero attached hydrogens (tertiary/aromatic N) is 2. The lowest BCUT2D eigenvalue weighted by Gasteiger charge is -2.45. The van der Waals surface area contributed by atoms with E-state index in [0.29, 0.717) is 0 Å². The number of hydrogen-bond donors (Lipinski definition) is 0. The molecule has 2 aliphatic rings. The van der Waals surface area contributed by atoms with Crippen molar-refractivity contribution in [3.05, 3.63) is 151 Å². The molecule has 2 heterocycles. The largest absolute Gasteiger partial charge is 0.311 e. The van der Waals surface area contributed by atoms with Gasteiger partial charge in [-0.1, -0.05) is 103 Å². The summed E-state index contributed by atoms with van der Waals surface area (Å²) in [6, 6.07) is 52.8. The highest BCUT2D eigenvalue weighted by Gasteiger charge is 2.44. The molecule has 8 rings (SSSR count). The molecule has 2 nitrogen and oxygen atoms in total. The van der Waals surface area contributed by atoms with E-state index in [1.54, 1.807) is 0 Å². The molecule has 0 N–H and O–H groups in total. The zero-order chi connectivity index (χ0) is 26.6. The highest BCUT2D eigenvalue weighted by molar-refractivity contribution is 7.00. The van der Waals surface area contributed by atoms with Gasteiger partial charge in [0.05, 0.1) is 0 Å². The molecule has 0 unspecified atom stereocenters. The van der Waals surface area contributed by atoms with Gasteiger partial charge in [-0.3, -0.25) is 0 Å². The maximum absolute atomic E-state index is 2.49. The summed E-state index contributed by atoms with van der Waals surface area (Å²) in [4.78, 5) is 4.96. The molecule has 0 spiro atoms. The van der Waals surface area contributed by atoms with Crippen molar-refractivity contribution in [1.29, 1.82) is 0 Å². The van der Waals surface area contributed by atoms with E-state index in [0.717, 1.165) is 0 Å². The molecule has 0 aromatic heterocycles. The zero-order valence-electron chi connectivity index (χ0n) is 22.3. The molecule has 0 atom stereocenters. The van der Waals surface area contributed by atoms with E-state index in [4.69, 9.17) is 0 Å². The summed E-state index contributed by atoms with van der Waals surface area (Å²) in [5.41, 5.74) is 15.2. The molecule has 0 amide bonds. The molecule has 188 valence electrons. The highest BCUT2D eigenvalue weighted by atomic mass is 15.2. The van der Waals surface area contributed by atoms with Crippen molar-refractivity contribution >= 4 is 57.2 Å². The fourth-order valence-electron chi connectivity index (χ4n) is 6.75. The van der Waals surface area contributed by atoms with Crippen molar-refractivity contribution in [2.24, 2.45) is 0 Å². The minimum atomic E-state index is 0.140. The van der Waals surface area contributed by atoms with Crippen molar-refractivity contribution in [3.8, 4) is 11.1 Å².